The monoisotopic (exact) mass is 223 g/mol. The molecule has 4 heteroatoms. The molecule has 0 aromatic carbocycles. The van der Waals surface area contributed by atoms with E-state index in [0.29, 0.717) is 6.42 Å². The van der Waals surface area contributed by atoms with Gasteiger partial charge in [-0.2, -0.15) is 5.26 Å². The third-order valence-corrected chi connectivity index (χ3v) is 3.48. The lowest BCUT2D eigenvalue weighted by molar-refractivity contribution is 0.286. The highest BCUT2D eigenvalue weighted by molar-refractivity contribution is 7.11. The summed E-state index contributed by atoms with van der Waals surface area (Å²) in [6, 6.07) is 2.18. The molecule has 1 aromatic rings. The molecular formula is C11H17N3S. The minimum atomic E-state index is 0.594. The molecule has 0 atom stereocenters. The van der Waals surface area contributed by atoms with Crippen LogP contribution in [0.2, 0.25) is 0 Å². The Morgan fingerprint density at radius 1 is 1.47 bits per heavy atom. The van der Waals surface area contributed by atoms with Gasteiger partial charge in [-0.3, -0.25) is 4.90 Å². The lowest BCUT2D eigenvalue weighted by Gasteiger charge is -2.16. The molecule has 0 amide bonds. The van der Waals surface area contributed by atoms with Crippen molar-refractivity contribution in [3.63, 3.8) is 0 Å². The highest BCUT2D eigenvalue weighted by atomic mass is 32.1. The van der Waals surface area contributed by atoms with E-state index >= 15 is 0 Å². The molecule has 0 saturated carbocycles. The zero-order valence-electron chi connectivity index (χ0n) is 9.58. The van der Waals surface area contributed by atoms with Crippen molar-refractivity contribution < 1.29 is 0 Å². The van der Waals surface area contributed by atoms with Gasteiger partial charge in [0.05, 0.1) is 18.3 Å². The first-order valence-electron chi connectivity index (χ1n) is 5.19. The fourth-order valence-electron chi connectivity index (χ4n) is 1.36. The highest BCUT2D eigenvalue weighted by Crippen LogP contribution is 2.17. The van der Waals surface area contributed by atoms with Gasteiger partial charge in [-0.25, -0.2) is 4.98 Å². The quantitative estimate of drug-likeness (QED) is 0.770. The standard InChI is InChI=1S/C11H17N3S/c1-4-14(7-5-6-12)8-11-13-9(2)10(3)15-11/h4-5,7-8H2,1-3H3. The molecule has 0 unspecified atom stereocenters. The third kappa shape index (κ3) is 3.61. The molecule has 15 heavy (non-hydrogen) atoms. The molecule has 1 heterocycles. The first-order valence-corrected chi connectivity index (χ1v) is 6.01. The average Bonchev–Trinajstić information content (AvgIpc) is 2.53. The van der Waals surface area contributed by atoms with Crippen LogP contribution in [-0.4, -0.2) is 23.0 Å². The van der Waals surface area contributed by atoms with E-state index in [4.69, 9.17) is 5.26 Å². The van der Waals surface area contributed by atoms with Crippen LogP contribution in [0.5, 0.6) is 0 Å². The fraction of sp³-hybridized carbons (Fsp3) is 0.636. The van der Waals surface area contributed by atoms with E-state index in [1.165, 1.54) is 4.88 Å². The second-order valence-corrected chi connectivity index (χ2v) is 4.81. The van der Waals surface area contributed by atoms with E-state index in [2.05, 4.69) is 29.8 Å². The van der Waals surface area contributed by atoms with Gasteiger partial charge in [0.25, 0.3) is 0 Å². The van der Waals surface area contributed by atoms with Crippen LogP contribution in [0, 0.1) is 25.2 Å². The summed E-state index contributed by atoms with van der Waals surface area (Å²) in [6.45, 7) is 8.94. The predicted molar refractivity (Wildman–Crippen MR) is 62.8 cm³/mol. The van der Waals surface area contributed by atoms with Crippen LogP contribution < -0.4 is 0 Å². The second kappa shape index (κ2) is 5.84. The highest BCUT2D eigenvalue weighted by Gasteiger charge is 2.08. The van der Waals surface area contributed by atoms with Crippen molar-refractivity contribution in [1.82, 2.24) is 9.88 Å². The summed E-state index contributed by atoms with van der Waals surface area (Å²) in [6.07, 6.45) is 0.594. The number of thiazole rings is 1. The number of aryl methyl sites for hydroxylation is 2. The Balaban J connectivity index is 2.55. The van der Waals surface area contributed by atoms with Crippen molar-refractivity contribution in [3.05, 3.63) is 15.6 Å². The summed E-state index contributed by atoms with van der Waals surface area (Å²) in [4.78, 5) is 8.04. The van der Waals surface area contributed by atoms with Gasteiger partial charge in [-0.05, 0) is 20.4 Å². The maximum Gasteiger partial charge on any atom is 0.107 e. The van der Waals surface area contributed by atoms with E-state index in [1.807, 2.05) is 6.92 Å². The molecular weight excluding hydrogens is 206 g/mol. The van der Waals surface area contributed by atoms with Crippen molar-refractivity contribution in [2.45, 2.75) is 33.7 Å². The summed E-state index contributed by atoms with van der Waals surface area (Å²) in [5.41, 5.74) is 1.13. The van der Waals surface area contributed by atoms with Gasteiger partial charge in [0.15, 0.2) is 0 Å². The lowest BCUT2D eigenvalue weighted by Crippen LogP contribution is -2.23. The summed E-state index contributed by atoms with van der Waals surface area (Å²) in [7, 11) is 0. The minimum absolute atomic E-state index is 0.594. The molecule has 0 aliphatic carbocycles. The predicted octanol–water partition coefficient (Wildman–Crippen LogP) is 2.50. The Hall–Kier alpha value is -0.920. The van der Waals surface area contributed by atoms with E-state index in [-0.39, 0.29) is 0 Å². The van der Waals surface area contributed by atoms with Crippen LogP contribution in [0.1, 0.15) is 28.9 Å². The van der Waals surface area contributed by atoms with Crippen LogP contribution in [0.25, 0.3) is 0 Å². The molecule has 1 aromatic heterocycles. The largest absolute Gasteiger partial charge is 0.296 e. The van der Waals surface area contributed by atoms with Gasteiger partial charge in [-0.1, -0.05) is 6.92 Å². The Kier molecular flexibility index (Phi) is 4.73. The van der Waals surface area contributed by atoms with Crippen LogP contribution in [0.4, 0.5) is 0 Å². The number of nitrogens with zero attached hydrogens (tertiary/aromatic N) is 3. The Bertz CT molecular complexity index is 332. The van der Waals surface area contributed by atoms with Crippen LogP contribution >= 0.6 is 11.3 Å². The maximum atomic E-state index is 8.54. The van der Waals surface area contributed by atoms with Crippen molar-refractivity contribution >= 4 is 11.3 Å². The van der Waals surface area contributed by atoms with Gasteiger partial charge in [0.1, 0.15) is 5.01 Å². The molecule has 0 radical (unpaired) electrons. The molecule has 1 rings (SSSR count). The molecule has 0 aliphatic rings. The van der Waals surface area contributed by atoms with Crippen molar-refractivity contribution in [2.24, 2.45) is 0 Å². The Labute approximate surface area is 95.4 Å². The third-order valence-electron chi connectivity index (χ3n) is 2.42. The topological polar surface area (TPSA) is 39.9 Å². The number of rotatable bonds is 5. The van der Waals surface area contributed by atoms with Gasteiger partial charge in [0, 0.05) is 17.8 Å². The molecule has 0 N–H and O–H groups in total. The summed E-state index contributed by atoms with van der Waals surface area (Å²) in [5, 5.41) is 9.69. The van der Waals surface area contributed by atoms with Gasteiger partial charge in [0.2, 0.25) is 0 Å². The molecule has 0 spiro atoms. The van der Waals surface area contributed by atoms with Crippen molar-refractivity contribution in [2.75, 3.05) is 13.1 Å². The first-order chi connectivity index (χ1) is 7.17. The molecule has 0 fully saturated rings. The Morgan fingerprint density at radius 2 is 2.20 bits per heavy atom. The van der Waals surface area contributed by atoms with E-state index < -0.39 is 0 Å². The van der Waals surface area contributed by atoms with Crippen LogP contribution in [0.15, 0.2) is 0 Å². The zero-order chi connectivity index (χ0) is 11.3. The molecule has 3 nitrogen and oxygen atoms in total. The Morgan fingerprint density at radius 3 is 2.67 bits per heavy atom. The maximum absolute atomic E-state index is 8.54. The average molecular weight is 223 g/mol. The molecule has 0 aliphatic heterocycles. The van der Waals surface area contributed by atoms with Crippen molar-refractivity contribution in [1.29, 1.82) is 5.26 Å². The van der Waals surface area contributed by atoms with Crippen LogP contribution in [0.3, 0.4) is 0 Å². The van der Waals surface area contributed by atoms with E-state index in [0.717, 1.165) is 30.3 Å². The fourth-order valence-corrected chi connectivity index (χ4v) is 2.33. The molecule has 82 valence electrons. The molecule has 0 bridgehead atoms. The van der Waals surface area contributed by atoms with E-state index in [1.54, 1.807) is 11.3 Å². The van der Waals surface area contributed by atoms with Gasteiger partial charge in [-0.15, -0.1) is 11.3 Å². The van der Waals surface area contributed by atoms with E-state index in [9.17, 15) is 0 Å². The number of hydrogen-bond acceptors (Lipinski definition) is 4. The summed E-state index contributed by atoms with van der Waals surface area (Å²) >= 11 is 1.76. The number of nitriles is 1. The van der Waals surface area contributed by atoms with Crippen LogP contribution in [-0.2, 0) is 6.54 Å². The zero-order valence-corrected chi connectivity index (χ0v) is 10.4. The summed E-state index contributed by atoms with van der Waals surface area (Å²) in [5.74, 6) is 0. The smallest absolute Gasteiger partial charge is 0.107 e. The molecule has 0 saturated heterocycles. The number of aromatic nitrogens is 1. The van der Waals surface area contributed by atoms with Crippen molar-refractivity contribution in [3.8, 4) is 6.07 Å². The van der Waals surface area contributed by atoms with Gasteiger partial charge >= 0.3 is 0 Å². The SMILES string of the molecule is CCN(CCC#N)Cc1nc(C)c(C)s1. The normalized spacial score (nSPS) is 10.6. The second-order valence-electron chi connectivity index (χ2n) is 3.53. The first kappa shape index (κ1) is 12.2. The van der Waals surface area contributed by atoms with Gasteiger partial charge < -0.3 is 0 Å². The minimum Gasteiger partial charge on any atom is -0.296 e. The lowest BCUT2D eigenvalue weighted by atomic mass is 10.4. The summed E-state index contributed by atoms with van der Waals surface area (Å²) < 4.78 is 0. The number of hydrogen-bond donors (Lipinski definition) is 0.